The Balaban J connectivity index is 0.00000156. The molecule has 0 bridgehead atoms. The molecule has 0 aliphatic heterocycles. The third-order valence-electron chi connectivity index (χ3n) is 2.99. The number of nitrogens with one attached hydrogen (secondary N) is 2. The number of benzene rings is 1. The van der Waals surface area contributed by atoms with Gasteiger partial charge in [0.1, 0.15) is 5.82 Å². The molecule has 120 valence electrons. The standard InChI is InChI=1S/C17H18N6.2H2/c1-12(2)19-16-21-15(13-8-4-3-5-9-13)22-17(23-16)20-14-10-6-7-11-18-14;;/h3-12H,1-2H3,(H2,18,19,20,21,22,23);2*1H. The van der Waals surface area contributed by atoms with Crippen molar-refractivity contribution in [1.29, 1.82) is 0 Å². The normalized spacial score (nSPS) is 10.6. The number of anilines is 3. The SMILES string of the molecule is CC(C)Nc1nc(Nc2ccccn2)nc(-c2ccccc2)n1.[HH].[HH]. The highest BCUT2D eigenvalue weighted by Crippen LogP contribution is 2.19. The van der Waals surface area contributed by atoms with Gasteiger partial charge < -0.3 is 10.6 Å². The molecule has 6 nitrogen and oxygen atoms in total. The third-order valence-corrected chi connectivity index (χ3v) is 2.99. The quantitative estimate of drug-likeness (QED) is 0.742. The lowest BCUT2D eigenvalue weighted by atomic mass is 10.2. The zero-order chi connectivity index (χ0) is 16.1. The first-order chi connectivity index (χ1) is 11.2. The molecule has 0 amide bonds. The first-order valence-corrected chi connectivity index (χ1v) is 7.47. The van der Waals surface area contributed by atoms with Gasteiger partial charge in [-0.15, -0.1) is 0 Å². The second kappa shape index (κ2) is 6.83. The van der Waals surface area contributed by atoms with Gasteiger partial charge in [-0.3, -0.25) is 0 Å². The number of hydrogen-bond donors (Lipinski definition) is 2. The van der Waals surface area contributed by atoms with Crippen LogP contribution in [0.1, 0.15) is 16.7 Å². The molecule has 2 N–H and O–H groups in total. The molecule has 2 heterocycles. The average Bonchev–Trinajstić information content (AvgIpc) is 2.56. The van der Waals surface area contributed by atoms with Crippen molar-refractivity contribution in [2.24, 2.45) is 0 Å². The molecule has 0 aliphatic carbocycles. The lowest BCUT2D eigenvalue weighted by Gasteiger charge is -2.11. The Kier molecular flexibility index (Phi) is 4.42. The summed E-state index contributed by atoms with van der Waals surface area (Å²) < 4.78 is 0. The van der Waals surface area contributed by atoms with Crippen molar-refractivity contribution in [3.63, 3.8) is 0 Å². The van der Waals surface area contributed by atoms with Crippen LogP contribution in [0.25, 0.3) is 11.4 Å². The van der Waals surface area contributed by atoms with E-state index in [0.717, 1.165) is 5.56 Å². The van der Waals surface area contributed by atoms with Crippen molar-refractivity contribution in [3.8, 4) is 11.4 Å². The van der Waals surface area contributed by atoms with Crippen LogP contribution in [0.4, 0.5) is 17.7 Å². The number of nitrogens with zero attached hydrogens (tertiary/aromatic N) is 4. The van der Waals surface area contributed by atoms with Crippen LogP contribution in [0.15, 0.2) is 54.7 Å². The van der Waals surface area contributed by atoms with E-state index < -0.39 is 0 Å². The zero-order valence-electron chi connectivity index (χ0n) is 13.1. The van der Waals surface area contributed by atoms with Crippen LogP contribution >= 0.6 is 0 Å². The van der Waals surface area contributed by atoms with E-state index in [-0.39, 0.29) is 8.90 Å². The fraction of sp³-hybridized carbons (Fsp3) is 0.176. The molecule has 0 saturated heterocycles. The summed E-state index contributed by atoms with van der Waals surface area (Å²) in [5, 5.41) is 6.33. The highest BCUT2D eigenvalue weighted by molar-refractivity contribution is 5.59. The Morgan fingerprint density at radius 1 is 0.870 bits per heavy atom. The predicted octanol–water partition coefficient (Wildman–Crippen LogP) is 3.99. The van der Waals surface area contributed by atoms with E-state index in [1.807, 2.05) is 62.4 Å². The van der Waals surface area contributed by atoms with E-state index in [2.05, 4.69) is 30.6 Å². The molecule has 6 heteroatoms. The smallest absolute Gasteiger partial charge is 0.233 e. The van der Waals surface area contributed by atoms with Crippen LogP contribution in [0.3, 0.4) is 0 Å². The van der Waals surface area contributed by atoms with Gasteiger partial charge in [-0.05, 0) is 26.0 Å². The summed E-state index contributed by atoms with van der Waals surface area (Å²) in [6.45, 7) is 4.08. The van der Waals surface area contributed by atoms with Crippen molar-refractivity contribution in [2.75, 3.05) is 10.6 Å². The summed E-state index contributed by atoms with van der Waals surface area (Å²) in [4.78, 5) is 17.6. The van der Waals surface area contributed by atoms with Gasteiger partial charge in [0, 0.05) is 20.7 Å². The Hall–Kier alpha value is -3.02. The van der Waals surface area contributed by atoms with Crippen LogP contribution < -0.4 is 10.6 Å². The van der Waals surface area contributed by atoms with Gasteiger partial charge in [0.15, 0.2) is 5.82 Å². The van der Waals surface area contributed by atoms with Crippen LogP contribution in [-0.2, 0) is 0 Å². The van der Waals surface area contributed by atoms with E-state index in [0.29, 0.717) is 23.5 Å². The van der Waals surface area contributed by atoms with E-state index in [4.69, 9.17) is 0 Å². The lowest BCUT2D eigenvalue weighted by Crippen LogP contribution is -2.14. The summed E-state index contributed by atoms with van der Waals surface area (Å²) in [5.74, 6) is 2.29. The van der Waals surface area contributed by atoms with Crippen molar-refractivity contribution in [1.82, 2.24) is 19.9 Å². The second-order valence-electron chi connectivity index (χ2n) is 5.31. The maximum absolute atomic E-state index is 4.49. The van der Waals surface area contributed by atoms with Gasteiger partial charge in [0.2, 0.25) is 11.9 Å². The summed E-state index contributed by atoms with van der Waals surface area (Å²) in [6, 6.07) is 15.7. The Labute approximate surface area is 138 Å². The number of hydrogen-bond acceptors (Lipinski definition) is 6. The molecular formula is C17H22N6. The van der Waals surface area contributed by atoms with Gasteiger partial charge >= 0.3 is 0 Å². The van der Waals surface area contributed by atoms with E-state index in [1.165, 1.54) is 0 Å². The lowest BCUT2D eigenvalue weighted by molar-refractivity contribution is 0.869. The molecule has 3 aromatic rings. The Morgan fingerprint density at radius 3 is 2.30 bits per heavy atom. The second-order valence-corrected chi connectivity index (χ2v) is 5.31. The van der Waals surface area contributed by atoms with Gasteiger partial charge in [0.25, 0.3) is 0 Å². The largest absolute Gasteiger partial charge is 0.352 e. The molecule has 0 atom stereocenters. The maximum Gasteiger partial charge on any atom is 0.233 e. The monoisotopic (exact) mass is 310 g/mol. The van der Waals surface area contributed by atoms with E-state index >= 15 is 0 Å². The third kappa shape index (κ3) is 4.00. The summed E-state index contributed by atoms with van der Waals surface area (Å²) in [7, 11) is 0. The minimum atomic E-state index is 0. The Bertz CT molecular complexity index is 769. The van der Waals surface area contributed by atoms with Gasteiger partial charge in [0.05, 0.1) is 0 Å². The number of rotatable bonds is 5. The van der Waals surface area contributed by atoms with Gasteiger partial charge in [-0.2, -0.15) is 15.0 Å². The van der Waals surface area contributed by atoms with E-state index in [9.17, 15) is 0 Å². The molecular weight excluding hydrogens is 288 g/mol. The molecule has 0 radical (unpaired) electrons. The molecule has 1 aromatic carbocycles. The molecule has 0 unspecified atom stereocenters. The summed E-state index contributed by atoms with van der Waals surface area (Å²) in [6.07, 6.45) is 1.72. The molecule has 3 rings (SSSR count). The molecule has 0 saturated carbocycles. The topological polar surface area (TPSA) is 75.6 Å². The first kappa shape index (κ1) is 14.9. The zero-order valence-corrected chi connectivity index (χ0v) is 13.1. The fourth-order valence-electron chi connectivity index (χ4n) is 2.02. The van der Waals surface area contributed by atoms with Crippen LogP contribution in [0.2, 0.25) is 0 Å². The van der Waals surface area contributed by atoms with Gasteiger partial charge in [-0.25, -0.2) is 4.98 Å². The number of pyridine rings is 1. The van der Waals surface area contributed by atoms with E-state index in [1.54, 1.807) is 6.20 Å². The molecule has 0 fully saturated rings. The molecule has 0 aliphatic rings. The minimum absolute atomic E-state index is 0. The average molecular weight is 310 g/mol. The maximum atomic E-state index is 4.49. The van der Waals surface area contributed by atoms with Crippen LogP contribution in [0.5, 0.6) is 0 Å². The highest BCUT2D eigenvalue weighted by Gasteiger charge is 2.09. The fourth-order valence-corrected chi connectivity index (χ4v) is 2.02. The highest BCUT2D eigenvalue weighted by atomic mass is 15.2. The molecule has 0 spiro atoms. The molecule has 2 aromatic heterocycles. The van der Waals surface area contributed by atoms with Crippen molar-refractivity contribution in [2.45, 2.75) is 19.9 Å². The van der Waals surface area contributed by atoms with Crippen molar-refractivity contribution < 1.29 is 2.85 Å². The van der Waals surface area contributed by atoms with Crippen molar-refractivity contribution >= 4 is 17.7 Å². The number of aromatic nitrogens is 4. The summed E-state index contributed by atoms with van der Waals surface area (Å²) in [5.41, 5.74) is 0.936. The summed E-state index contributed by atoms with van der Waals surface area (Å²) >= 11 is 0. The minimum Gasteiger partial charge on any atom is -0.352 e. The van der Waals surface area contributed by atoms with Crippen molar-refractivity contribution in [3.05, 3.63) is 54.7 Å². The first-order valence-electron chi connectivity index (χ1n) is 7.47. The van der Waals surface area contributed by atoms with Crippen LogP contribution in [0, 0.1) is 0 Å². The Morgan fingerprint density at radius 2 is 1.61 bits per heavy atom. The van der Waals surface area contributed by atoms with Gasteiger partial charge in [-0.1, -0.05) is 36.4 Å². The van der Waals surface area contributed by atoms with Crippen LogP contribution in [-0.4, -0.2) is 26.0 Å². The molecule has 23 heavy (non-hydrogen) atoms. The predicted molar refractivity (Wildman–Crippen MR) is 95.8 cm³/mol.